The van der Waals surface area contributed by atoms with Crippen LogP contribution in [0.3, 0.4) is 0 Å². The van der Waals surface area contributed by atoms with Crippen molar-refractivity contribution in [2.24, 2.45) is 43.6 Å². The maximum Gasteiger partial charge on any atom is 0.0716 e. The first-order valence-corrected chi connectivity index (χ1v) is 24.0. The highest BCUT2D eigenvalue weighted by atomic mass is 15.1. The van der Waals surface area contributed by atoms with Crippen molar-refractivity contribution in [2.75, 3.05) is 0 Å². The fourth-order valence-electron chi connectivity index (χ4n) is 12.1. The van der Waals surface area contributed by atoms with E-state index in [4.69, 9.17) is 20.0 Å². The van der Waals surface area contributed by atoms with Crippen LogP contribution in [0.1, 0.15) is 107 Å². The predicted octanol–water partition coefficient (Wildman–Crippen LogP) is 14.9. The van der Waals surface area contributed by atoms with Crippen LogP contribution >= 0.6 is 0 Å². The summed E-state index contributed by atoms with van der Waals surface area (Å²) in [6.07, 6.45) is 5.86. The predicted molar refractivity (Wildman–Crippen MR) is 285 cm³/mol. The number of benzene rings is 4. The van der Waals surface area contributed by atoms with Gasteiger partial charge in [-0.2, -0.15) is 0 Å². The lowest BCUT2D eigenvalue weighted by atomic mass is 9.52. The average molecular weight is 879 g/mol. The Morgan fingerprint density at radius 3 is 0.909 bits per heavy atom. The molecule has 344 valence electrons. The van der Waals surface area contributed by atoms with Crippen molar-refractivity contribution < 1.29 is 0 Å². The third-order valence-corrected chi connectivity index (χ3v) is 14.4. The number of nitrogens with zero attached hydrogens (tertiary/aromatic N) is 4. The molecule has 4 bridgehead atoms. The van der Waals surface area contributed by atoms with E-state index in [1.54, 1.807) is 0 Å². The minimum absolute atomic E-state index is 0.0288. The Morgan fingerprint density at radius 1 is 0.424 bits per heavy atom. The zero-order chi connectivity index (χ0) is 48.0. The Labute approximate surface area is 397 Å². The minimum Gasteiger partial charge on any atom is -0.375 e. The lowest BCUT2D eigenvalue weighted by Crippen LogP contribution is -2.63. The van der Waals surface area contributed by atoms with Crippen molar-refractivity contribution in [3.63, 3.8) is 0 Å². The topological polar surface area (TPSA) is 73.5 Å². The Hall–Kier alpha value is -5.88. The van der Waals surface area contributed by atoms with Gasteiger partial charge in [0.15, 0.2) is 0 Å². The summed E-state index contributed by atoms with van der Waals surface area (Å²) >= 11 is 0. The number of aliphatic imine (C=N–C) groups is 4. The van der Waals surface area contributed by atoms with Gasteiger partial charge in [0.25, 0.3) is 0 Å². The number of aryl methyl sites for hydroxylation is 12. The normalized spacial score (nSPS) is 22.4. The van der Waals surface area contributed by atoms with E-state index in [2.05, 4.69) is 195 Å². The fourth-order valence-corrected chi connectivity index (χ4v) is 12.1. The number of allylic oxidation sites excluding steroid dienone is 4. The van der Waals surface area contributed by atoms with Gasteiger partial charge in [-0.15, -0.1) is 13.2 Å². The average Bonchev–Trinajstić information content (AvgIpc) is 3.22. The summed E-state index contributed by atoms with van der Waals surface area (Å²) in [6, 6.07) is 17.6. The monoisotopic (exact) mass is 879 g/mol. The highest BCUT2D eigenvalue weighted by Crippen LogP contribution is 2.57. The molecule has 6 nitrogen and oxygen atoms in total. The molecule has 0 spiro atoms. The third-order valence-electron chi connectivity index (χ3n) is 14.4. The van der Waals surface area contributed by atoms with E-state index in [0.717, 1.165) is 69.8 Å². The van der Waals surface area contributed by atoms with E-state index in [9.17, 15) is 0 Å². The van der Waals surface area contributed by atoms with E-state index in [0.29, 0.717) is 0 Å². The molecular weight excluding hydrogens is 805 g/mol. The van der Waals surface area contributed by atoms with Crippen LogP contribution in [0.4, 0.5) is 22.7 Å². The molecule has 66 heavy (non-hydrogen) atoms. The first kappa shape index (κ1) is 48.1. The van der Waals surface area contributed by atoms with Crippen molar-refractivity contribution in [1.82, 2.24) is 10.6 Å². The second-order valence-corrected chi connectivity index (χ2v) is 20.1. The van der Waals surface area contributed by atoms with Crippen LogP contribution in [0.2, 0.25) is 0 Å². The van der Waals surface area contributed by atoms with Crippen LogP contribution in [0.25, 0.3) is 0 Å². The van der Waals surface area contributed by atoms with E-state index in [1.807, 2.05) is 0 Å². The SMILES string of the molecule is C=CCC1C2=C(C(C)=Nc3c(C)cc(C)cc3C)NC(C(C)=Nc3c(C)cc(C)cc3C)C1C1=C(C(C)=Nc3c(C)cc(C)cc3C)NC(C(C)=Nc3c(C)cc(C)cc3C)C2C1CC=C. The van der Waals surface area contributed by atoms with Crippen LogP contribution in [0.5, 0.6) is 0 Å². The Kier molecular flexibility index (Phi) is 13.9. The minimum atomic E-state index is -0.154. The molecule has 7 rings (SSSR count). The first-order chi connectivity index (χ1) is 31.2. The quantitative estimate of drug-likeness (QED) is 0.110. The molecule has 6 atom stereocenters. The number of rotatable bonds is 12. The molecule has 1 fully saturated rings. The third kappa shape index (κ3) is 9.13. The second-order valence-electron chi connectivity index (χ2n) is 20.1. The molecular formula is C60H74N6. The van der Waals surface area contributed by atoms with Crippen LogP contribution < -0.4 is 10.6 Å². The molecule has 6 unspecified atom stereocenters. The van der Waals surface area contributed by atoms with E-state index in [1.165, 1.54) is 77.9 Å². The van der Waals surface area contributed by atoms with Crippen LogP contribution in [-0.4, -0.2) is 34.9 Å². The Morgan fingerprint density at radius 2 is 0.667 bits per heavy atom. The molecule has 2 heterocycles. The lowest BCUT2D eigenvalue weighted by molar-refractivity contribution is 0.192. The van der Waals surface area contributed by atoms with Gasteiger partial charge in [-0.3, -0.25) is 20.0 Å². The molecule has 2 aliphatic heterocycles. The zero-order valence-corrected chi connectivity index (χ0v) is 42.9. The van der Waals surface area contributed by atoms with Gasteiger partial charge in [0, 0.05) is 23.3 Å². The molecule has 3 aliphatic rings. The summed E-state index contributed by atoms with van der Waals surface area (Å²) < 4.78 is 0. The molecule has 0 aromatic heterocycles. The number of nitrogens with one attached hydrogen (secondary N) is 2. The molecule has 4 aromatic rings. The van der Waals surface area contributed by atoms with E-state index < -0.39 is 0 Å². The summed E-state index contributed by atoms with van der Waals surface area (Å²) in [5.74, 6) is 0.264. The summed E-state index contributed by atoms with van der Waals surface area (Å²) in [5, 5.41) is 8.52. The van der Waals surface area contributed by atoms with E-state index in [-0.39, 0.29) is 35.8 Å². The fraction of sp³-hybridized carbons (Fsp3) is 0.400. The van der Waals surface area contributed by atoms with Gasteiger partial charge in [0.2, 0.25) is 0 Å². The molecule has 1 aliphatic carbocycles. The molecule has 2 N–H and O–H groups in total. The van der Waals surface area contributed by atoms with Gasteiger partial charge < -0.3 is 10.6 Å². The smallest absolute Gasteiger partial charge is 0.0716 e. The first-order valence-electron chi connectivity index (χ1n) is 24.0. The molecule has 6 heteroatoms. The molecule has 0 radical (unpaired) electrons. The summed E-state index contributed by atoms with van der Waals surface area (Å²) in [5.41, 5.74) is 27.6. The van der Waals surface area contributed by atoms with Crippen molar-refractivity contribution in [1.29, 1.82) is 0 Å². The molecule has 4 aromatic carbocycles. The van der Waals surface area contributed by atoms with E-state index >= 15 is 0 Å². The van der Waals surface area contributed by atoms with Crippen LogP contribution in [-0.2, 0) is 0 Å². The Balaban J connectivity index is 1.59. The van der Waals surface area contributed by atoms with Crippen molar-refractivity contribution >= 4 is 45.6 Å². The van der Waals surface area contributed by atoms with Gasteiger partial charge in [0.1, 0.15) is 0 Å². The molecule has 1 saturated carbocycles. The van der Waals surface area contributed by atoms with Gasteiger partial charge in [-0.25, -0.2) is 0 Å². The van der Waals surface area contributed by atoms with Crippen LogP contribution in [0.15, 0.2) is 116 Å². The van der Waals surface area contributed by atoms with Crippen LogP contribution in [0, 0.1) is 107 Å². The Bertz CT molecular complexity index is 2550. The zero-order valence-electron chi connectivity index (χ0n) is 42.9. The maximum atomic E-state index is 5.59. The van der Waals surface area contributed by atoms with Gasteiger partial charge in [-0.05, 0) is 191 Å². The second kappa shape index (κ2) is 19.1. The number of hydrogen-bond acceptors (Lipinski definition) is 6. The van der Waals surface area contributed by atoms with Crippen molar-refractivity contribution in [3.8, 4) is 0 Å². The van der Waals surface area contributed by atoms with Gasteiger partial charge >= 0.3 is 0 Å². The highest BCUT2D eigenvalue weighted by Gasteiger charge is 2.56. The summed E-state index contributed by atoms with van der Waals surface area (Å²) in [6.45, 7) is 43.8. The number of fused-ring (bicyclic) bond motifs is 6. The van der Waals surface area contributed by atoms with Gasteiger partial charge in [0.05, 0.1) is 57.7 Å². The maximum absolute atomic E-state index is 5.59. The van der Waals surface area contributed by atoms with Crippen molar-refractivity contribution in [2.45, 2.75) is 136 Å². The summed E-state index contributed by atoms with van der Waals surface area (Å²) in [4.78, 5) is 22.3. The number of hydrogen-bond donors (Lipinski definition) is 2. The van der Waals surface area contributed by atoms with Crippen molar-refractivity contribution in [3.05, 3.63) is 163 Å². The summed E-state index contributed by atoms with van der Waals surface area (Å²) in [7, 11) is 0. The molecule has 0 amide bonds. The largest absolute Gasteiger partial charge is 0.375 e. The van der Waals surface area contributed by atoms with Gasteiger partial charge in [-0.1, -0.05) is 82.9 Å². The molecule has 0 saturated heterocycles. The lowest BCUT2D eigenvalue weighted by Gasteiger charge is -2.57. The standard InChI is InChI=1S/C60H74N6/c1-19-21-47-49-51-48(22-20-2)52(60(46(18)64-56-41(13)29-34(6)30-42(56)14)66-59(51)45(17)63-55-39(11)27-33(5)28-40(55)12)50(47)58(44(16)62-54-37(9)25-32(4)26-38(54)10)65-57(49)43(15)61-53-35(7)23-31(3)24-36(53)8/h19-20,23-30,47-49,52,57,60,65-66H,1-2,21-22H2,3-18H3. The highest BCUT2D eigenvalue weighted by molar-refractivity contribution is 6.05.